The van der Waals surface area contributed by atoms with E-state index in [9.17, 15) is 4.79 Å². The predicted octanol–water partition coefficient (Wildman–Crippen LogP) is 4.14. The highest BCUT2D eigenvalue weighted by molar-refractivity contribution is 9.10. The van der Waals surface area contributed by atoms with Crippen LogP contribution in [0.1, 0.15) is 5.56 Å². The fourth-order valence-corrected chi connectivity index (χ4v) is 2.97. The quantitative estimate of drug-likeness (QED) is 0.540. The molecule has 4 rings (SSSR count). The van der Waals surface area contributed by atoms with E-state index in [2.05, 4.69) is 30.9 Å². The Morgan fingerprint density at radius 1 is 1.00 bits per heavy atom. The van der Waals surface area contributed by atoms with E-state index in [4.69, 9.17) is 0 Å². The molecular weight excluding hydrogens is 342 g/mol. The molecule has 0 atom stereocenters. The molecule has 0 aliphatic carbocycles. The number of aromatic nitrogens is 3. The molecule has 4 aromatic rings. The first-order chi connectivity index (χ1) is 10.6. The minimum atomic E-state index is -0.144. The maximum Gasteiger partial charge on any atom is 0.259 e. The van der Waals surface area contributed by atoms with E-state index in [1.165, 1.54) is 0 Å². The lowest BCUT2D eigenvalue weighted by atomic mass is 10.1. The molecule has 0 spiro atoms. The Morgan fingerprint density at radius 3 is 2.73 bits per heavy atom. The van der Waals surface area contributed by atoms with Crippen molar-refractivity contribution in [2.24, 2.45) is 0 Å². The van der Waals surface area contributed by atoms with Crippen molar-refractivity contribution < 1.29 is 0 Å². The average Bonchev–Trinajstić information content (AvgIpc) is 2.89. The molecular formula is C17H12BrN3O. The molecule has 0 aliphatic heterocycles. The number of hydrogen-bond donors (Lipinski definition) is 2. The second-order valence-corrected chi connectivity index (χ2v) is 6.27. The summed E-state index contributed by atoms with van der Waals surface area (Å²) >= 11 is 3.44. The van der Waals surface area contributed by atoms with Crippen LogP contribution in [0.2, 0.25) is 0 Å². The molecule has 5 heteroatoms. The number of fused-ring (bicyclic) bond motifs is 2. The standard InChI is InChI=1S/C17H12BrN3O/c1-9-2-4-13-10(6-9)7-12(17(22)21-13)16-19-14-5-3-11(18)8-15(14)20-16/h2-8H,1H3,(H,19,20)(H,21,22). The van der Waals surface area contributed by atoms with E-state index in [0.29, 0.717) is 11.4 Å². The van der Waals surface area contributed by atoms with Crippen LogP contribution in [0.5, 0.6) is 0 Å². The zero-order valence-corrected chi connectivity index (χ0v) is 13.4. The van der Waals surface area contributed by atoms with Gasteiger partial charge in [-0.2, -0.15) is 0 Å². The largest absolute Gasteiger partial charge is 0.338 e. The second kappa shape index (κ2) is 4.81. The van der Waals surface area contributed by atoms with Gasteiger partial charge in [0.1, 0.15) is 5.82 Å². The van der Waals surface area contributed by atoms with Crippen LogP contribution in [0.25, 0.3) is 33.3 Å². The van der Waals surface area contributed by atoms with Gasteiger partial charge in [0.2, 0.25) is 0 Å². The van der Waals surface area contributed by atoms with Crippen LogP contribution in [0, 0.1) is 6.92 Å². The summed E-state index contributed by atoms with van der Waals surface area (Å²) in [6.45, 7) is 2.03. The summed E-state index contributed by atoms with van der Waals surface area (Å²) in [6, 6.07) is 13.6. The van der Waals surface area contributed by atoms with E-state index >= 15 is 0 Å². The third kappa shape index (κ3) is 2.14. The SMILES string of the molecule is Cc1ccc2[nH]c(=O)c(-c3nc4ccc(Br)cc4[nH]3)cc2c1. The van der Waals surface area contributed by atoms with Crippen molar-refractivity contribution in [3.8, 4) is 11.4 Å². The molecule has 0 saturated carbocycles. The number of H-pyrrole nitrogens is 2. The number of halogens is 1. The molecule has 0 aliphatic rings. The number of aryl methyl sites for hydroxylation is 1. The lowest BCUT2D eigenvalue weighted by Crippen LogP contribution is -2.09. The summed E-state index contributed by atoms with van der Waals surface area (Å²) in [4.78, 5) is 23.0. The van der Waals surface area contributed by atoms with Gasteiger partial charge in [0.05, 0.1) is 16.6 Å². The van der Waals surface area contributed by atoms with Gasteiger partial charge in [0, 0.05) is 9.99 Å². The van der Waals surface area contributed by atoms with Gasteiger partial charge >= 0.3 is 0 Å². The van der Waals surface area contributed by atoms with Gasteiger partial charge in [0.25, 0.3) is 5.56 Å². The van der Waals surface area contributed by atoms with Crippen LogP contribution in [-0.4, -0.2) is 15.0 Å². The molecule has 108 valence electrons. The molecule has 4 nitrogen and oxygen atoms in total. The highest BCUT2D eigenvalue weighted by Crippen LogP contribution is 2.23. The monoisotopic (exact) mass is 353 g/mol. The molecule has 0 amide bonds. The van der Waals surface area contributed by atoms with Crippen molar-refractivity contribution in [2.75, 3.05) is 0 Å². The number of hydrogen-bond acceptors (Lipinski definition) is 2. The number of benzene rings is 2. The van der Waals surface area contributed by atoms with Gasteiger partial charge in [-0.15, -0.1) is 0 Å². The number of pyridine rings is 1. The summed E-state index contributed by atoms with van der Waals surface area (Å²) in [5.74, 6) is 0.581. The molecule has 2 N–H and O–H groups in total. The van der Waals surface area contributed by atoms with E-state index in [1.807, 2.05) is 49.4 Å². The highest BCUT2D eigenvalue weighted by Gasteiger charge is 2.10. The summed E-state index contributed by atoms with van der Waals surface area (Å²) in [6.07, 6.45) is 0. The van der Waals surface area contributed by atoms with Gasteiger partial charge in [0.15, 0.2) is 0 Å². The Morgan fingerprint density at radius 2 is 1.86 bits per heavy atom. The maximum atomic E-state index is 12.3. The van der Waals surface area contributed by atoms with Crippen LogP contribution in [0.4, 0.5) is 0 Å². The molecule has 0 fully saturated rings. The fourth-order valence-electron chi connectivity index (χ4n) is 2.61. The molecule has 0 radical (unpaired) electrons. The zero-order chi connectivity index (χ0) is 15.3. The number of nitrogens with one attached hydrogen (secondary N) is 2. The predicted molar refractivity (Wildman–Crippen MR) is 92.1 cm³/mol. The lowest BCUT2D eigenvalue weighted by Gasteiger charge is -2.02. The molecule has 0 bridgehead atoms. The van der Waals surface area contributed by atoms with Crippen molar-refractivity contribution >= 4 is 37.9 Å². The Kier molecular flexibility index (Phi) is 2.90. The summed E-state index contributed by atoms with van der Waals surface area (Å²) in [7, 11) is 0. The van der Waals surface area contributed by atoms with Crippen LogP contribution in [0.15, 0.2) is 51.7 Å². The third-order valence-electron chi connectivity index (χ3n) is 3.70. The van der Waals surface area contributed by atoms with E-state index < -0.39 is 0 Å². The normalized spacial score (nSPS) is 11.4. The van der Waals surface area contributed by atoms with Gasteiger partial charge in [-0.3, -0.25) is 4.79 Å². The fraction of sp³-hybridized carbons (Fsp3) is 0.0588. The van der Waals surface area contributed by atoms with Gasteiger partial charge in [-0.05, 0) is 48.7 Å². The second-order valence-electron chi connectivity index (χ2n) is 5.35. The summed E-state index contributed by atoms with van der Waals surface area (Å²) in [5, 5.41) is 0.997. The van der Waals surface area contributed by atoms with Gasteiger partial charge < -0.3 is 9.97 Å². The first-order valence-electron chi connectivity index (χ1n) is 6.89. The Bertz CT molecular complexity index is 1080. The van der Waals surface area contributed by atoms with Crippen molar-refractivity contribution in [3.63, 3.8) is 0 Å². The third-order valence-corrected chi connectivity index (χ3v) is 4.19. The molecule has 2 aromatic heterocycles. The highest BCUT2D eigenvalue weighted by atomic mass is 79.9. The van der Waals surface area contributed by atoms with Crippen LogP contribution in [0.3, 0.4) is 0 Å². The maximum absolute atomic E-state index is 12.3. The van der Waals surface area contributed by atoms with Crippen molar-refractivity contribution in [1.82, 2.24) is 15.0 Å². The van der Waals surface area contributed by atoms with Crippen LogP contribution in [-0.2, 0) is 0 Å². The molecule has 2 heterocycles. The Hall–Kier alpha value is -2.40. The van der Waals surface area contributed by atoms with Crippen molar-refractivity contribution in [1.29, 1.82) is 0 Å². The number of aromatic amines is 2. The first kappa shape index (κ1) is 13.3. The van der Waals surface area contributed by atoms with Crippen molar-refractivity contribution in [2.45, 2.75) is 6.92 Å². The summed E-state index contributed by atoms with van der Waals surface area (Å²) in [5.41, 5.74) is 4.12. The minimum Gasteiger partial charge on any atom is -0.338 e. The van der Waals surface area contributed by atoms with Crippen LogP contribution < -0.4 is 5.56 Å². The summed E-state index contributed by atoms with van der Waals surface area (Å²) < 4.78 is 0.971. The average molecular weight is 354 g/mol. The zero-order valence-electron chi connectivity index (χ0n) is 11.8. The number of imidazole rings is 1. The first-order valence-corrected chi connectivity index (χ1v) is 7.69. The molecule has 0 saturated heterocycles. The topological polar surface area (TPSA) is 61.5 Å². The lowest BCUT2D eigenvalue weighted by molar-refractivity contribution is 1.25. The molecule has 0 unspecified atom stereocenters. The Labute approximate surface area is 134 Å². The molecule has 22 heavy (non-hydrogen) atoms. The van der Waals surface area contributed by atoms with Crippen molar-refractivity contribution in [3.05, 3.63) is 62.9 Å². The van der Waals surface area contributed by atoms with E-state index in [0.717, 1.165) is 32.0 Å². The number of rotatable bonds is 1. The molecule has 2 aromatic carbocycles. The van der Waals surface area contributed by atoms with Gasteiger partial charge in [-0.1, -0.05) is 27.6 Å². The van der Waals surface area contributed by atoms with E-state index in [-0.39, 0.29) is 5.56 Å². The van der Waals surface area contributed by atoms with Crippen LogP contribution >= 0.6 is 15.9 Å². The number of nitrogens with zero attached hydrogens (tertiary/aromatic N) is 1. The smallest absolute Gasteiger partial charge is 0.259 e. The Balaban J connectivity index is 1.98. The minimum absolute atomic E-state index is 0.144. The van der Waals surface area contributed by atoms with E-state index in [1.54, 1.807) is 0 Å². The van der Waals surface area contributed by atoms with Gasteiger partial charge in [-0.25, -0.2) is 4.98 Å².